The zero-order chi connectivity index (χ0) is 14.5. The van der Waals surface area contributed by atoms with Gasteiger partial charge in [-0.1, -0.05) is 0 Å². The van der Waals surface area contributed by atoms with E-state index in [1.165, 1.54) is 12.3 Å². The third-order valence-electron chi connectivity index (χ3n) is 3.03. The van der Waals surface area contributed by atoms with Crippen LogP contribution in [0.1, 0.15) is 23.3 Å². The van der Waals surface area contributed by atoms with Gasteiger partial charge in [0.05, 0.1) is 12.7 Å². The van der Waals surface area contributed by atoms with Crippen LogP contribution in [0.4, 0.5) is 5.69 Å². The Hall–Kier alpha value is -1.99. The number of methoxy groups -OCH3 is 1. The summed E-state index contributed by atoms with van der Waals surface area (Å²) in [7, 11) is 1.60. The highest BCUT2D eigenvalue weighted by Crippen LogP contribution is 2.21. The molecule has 2 heterocycles. The molecule has 108 valence electrons. The van der Waals surface area contributed by atoms with Gasteiger partial charge in [0.1, 0.15) is 11.8 Å². The SMILES string of the molecule is COCC1CCC(C(=O)Nc2ccnc(C(N)=O)c2)O1. The second-order valence-electron chi connectivity index (χ2n) is 4.56. The number of aromatic nitrogens is 1. The van der Waals surface area contributed by atoms with Crippen LogP contribution in [-0.2, 0) is 14.3 Å². The maximum Gasteiger partial charge on any atom is 0.267 e. The van der Waals surface area contributed by atoms with Crippen LogP contribution in [0.2, 0.25) is 0 Å². The third kappa shape index (κ3) is 3.52. The van der Waals surface area contributed by atoms with E-state index >= 15 is 0 Å². The van der Waals surface area contributed by atoms with E-state index < -0.39 is 12.0 Å². The summed E-state index contributed by atoms with van der Waals surface area (Å²) in [6.45, 7) is 0.477. The molecular weight excluding hydrogens is 262 g/mol. The first-order valence-electron chi connectivity index (χ1n) is 6.31. The number of nitrogens with two attached hydrogens (primary N) is 1. The predicted octanol–water partition coefficient (Wildman–Crippen LogP) is 0.313. The van der Waals surface area contributed by atoms with Crippen LogP contribution in [0.25, 0.3) is 0 Å². The lowest BCUT2D eigenvalue weighted by atomic mass is 10.2. The zero-order valence-electron chi connectivity index (χ0n) is 11.2. The van der Waals surface area contributed by atoms with Crippen molar-refractivity contribution >= 4 is 17.5 Å². The van der Waals surface area contributed by atoms with Gasteiger partial charge in [-0.2, -0.15) is 0 Å². The fourth-order valence-electron chi connectivity index (χ4n) is 2.07. The summed E-state index contributed by atoms with van der Waals surface area (Å²) in [5.74, 6) is -0.886. The molecule has 2 rings (SSSR count). The minimum absolute atomic E-state index is 0.0469. The van der Waals surface area contributed by atoms with E-state index in [1.54, 1.807) is 13.2 Å². The van der Waals surface area contributed by atoms with Gasteiger partial charge >= 0.3 is 0 Å². The summed E-state index contributed by atoms with van der Waals surface area (Å²) in [6, 6.07) is 3.02. The molecule has 2 unspecified atom stereocenters. The number of carbonyl (C=O) groups is 2. The van der Waals surface area contributed by atoms with E-state index in [-0.39, 0.29) is 17.7 Å². The predicted molar refractivity (Wildman–Crippen MR) is 71.2 cm³/mol. The van der Waals surface area contributed by atoms with Crippen molar-refractivity contribution in [1.82, 2.24) is 4.98 Å². The topological polar surface area (TPSA) is 104 Å². The van der Waals surface area contributed by atoms with Gasteiger partial charge < -0.3 is 20.5 Å². The van der Waals surface area contributed by atoms with E-state index in [0.29, 0.717) is 18.7 Å². The first kappa shape index (κ1) is 14.4. The van der Waals surface area contributed by atoms with Gasteiger partial charge in [0.2, 0.25) is 0 Å². The van der Waals surface area contributed by atoms with Gasteiger partial charge in [-0.15, -0.1) is 0 Å². The fourth-order valence-corrected chi connectivity index (χ4v) is 2.07. The molecule has 1 aliphatic heterocycles. The third-order valence-corrected chi connectivity index (χ3v) is 3.03. The van der Waals surface area contributed by atoms with Crippen molar-refractivity contribution in [2.24, 2.45) is 5.73 Å². The first-order chi connectivity index (χ1) is 9.60. The van der Waals surface area contributed by atoms with Gasteiger partial charge in [-0.3, -0.25) is 14.6 Å². The monoisotopic (exact) mass is 279 g/mol. The summed E-state index contributed by atoms with van der Waals surface area (Å²) in [6.07, 6.45) is 2.30. The van der Waals surface area contributed by atoms with Gasteiger partial charge in [0.15, 0.2) is 0 Å². The van der Waals surface area contributed by atoms with Crippen molar-refractivity contribution in [3.63, 3.8) is 0 Å². The molecule has 3 N–H and O–H groups in total. The highest BCUT2D eigenvalue weighted by molar-refractivity contribution is 5.96. The molecule has 2 atom stereocenters. The summed E-state index contributed by atoms with van der Waals surface area (Å²) >= 11 is 0. The number of primary amides is 1. The lowest BCUT2D eigenvalue weighted by molar-refractivity contribution is -0.127. The maximum atomic E-state index is 12.0. The Bertz CT molecular complexity index is 506. The molecule has 2 amide bonds. The molecule has 1 aromatic rings. The zero-order valence-corrected chi connectivity index (χ0v) is 11.2. The van der Waals surface area contributed by atoms with Crippen molar-refractivity contribution in [3.05, 3.63) is 24.0 Å². The van der Waals surface area contributed by atoms with E-state index in [1.807, 2.05) is 0 Å². The van der Waals surface area contributed by atoms with Gasteiger partial charge in [0.25, 0.3) is 11.8 Å². The van der Waals surface area contributed by atoms with Crippen LogP contribution in [0.5, 0.6) is 0 Å². The molecule has 0 saturated carbocycles. The van der Waals surface area contributed by atoms with Crippen LogP contribution < -0.4 is 11.1 Å². The minimum atomic E-state index is -0.640. The maximum absolute atomic E-state index is 12.0. The van der Waals surface area contributed by atoms with Crippen molar-refractivity contribution in [2.45, 2.75) is 25.0 Å². The highest BCUT2D eigenvalue weighted by Gasteiger charge is 2.30. The number of nitrogens with zero attached hydrogens (tertiary/aromatic N) is 1. The van der Waals surface area contributed by atoms with Crippen LogP contribution in [0.15, 0.2) is 18.3 Å². The van der Waals surface area contributed by atoms with Crippen molar-refractivity contribution in [3.8, 4) is 0 Å². The fraction of sp³-hybridized carbons (Fsp3) is 0.462. The Kier molecular flexibility index (Phi) is 4.65. The molecule has 0 radical (unpaired) electrons. The normalized spacial score (nSPS) is 21.6. The molecule has 7 heteroatoms. The van der Waals surface area contributed by atoms with Crippen LogP contribution in [-0.4, -0.2) is 42.7 Å². The molecule has 1 aliphatic rings. The van der Waals surface area contributed by atoms with Gasteiger partial charge in [-0.05, 0) is 25.0 Å². The summed E-state index contributed by atoms with van der Waals surface area (Å²) in [5.41, 5.74) is 5.71. The number of rotatable bonds is 5. The average Bonchev–Trinajstić information content (AvgIpc) is 2.88. The summed E-state index contributed by atoms with van der Waals surface area (Å²) < 4.78 is 10.6. The smallest absolute Gasteiger partial charge is 0.267 e. The number of hydrogen-bond acceptors (Lipinski definition) is 5. The number of hydrogen-bond donors (Lipinski definition) is 2. The Morgan fingerprint density at radius 2 is 2.35 bits per heavy atom. The standard InChI is InChI=1S/C13H17N3O4/c1-19-7-9-2-3-11(20-9)13(18)16-8-4-5-15-10(6-8)12(14)17/h4-6,9,11H,2-3,7H2,1H3,(H2,14,17)(H,15,16,18). The molecule has 0 aromatic carbocycles. The molecule has 1 saturated heterocycles. The minimum Gasteiger partial charge on any atom is -0.382 e. The second-order valence-corrected chi connectivity index (χ2v) is 4.56. The number of pyridine rings is 1. The average molecular weight is 279 g/mol. The quantitative estimate of drug-likeness (QED) is 0.807. The Morgan fingerprint density at radius 1 is 1.55 bits per heavy atom. The molecule has 0 spiro atoms. The molecule has 0 bridgehead atoms. The number of amides is 2. The Morgan fingerprint density at radius 3 is 3.05 bits per heavy atom. The van der Waals surface area contributed by atoms with E-state index in [0.717, 1.165) is 6.42 Å². The van der Waals surface area contributed by atoms with Crippen LogP contribution in [0, 0.1) is 0 Å². The van der Waals surface area contributed by atoms with Gasteiger partial charge in [-0.25, -0.2) is 0 Å². The van der Waals surface area contributed by atoms with E-state index in [9.17, 15) is 9.59 Å². The highest BCUT2D eigenvalue weighted by atomic mass is 16.5. The van der Waals surface area contributed by atoms with Crippen LogP contribution >= 0.6 is 0 Å². The second kappa shape index (κ2) is 6.44. The Labute approximate surface area is 116 Å². The molecular formula is C13H17N3O4. The first-order valence-corrected chi connectivity index (χ1v) is 6.31. The van der Waals surface area contributed by atoms with Crippen molar-refractivity contribution < 1.29 is 19.1 Å². The molecule has 7 nitrogen and oxygen atoms in total. The van der Waals surface area contributed by atoms with Crippen LogP contribution in [0.3, 0.4) is 0 Å². The van der Waals surface area contributed by atoms with E-state index in [4.69, 9.17) is 15.2 Å². The van der Waals surface area contributed by atoms with Gasteiger partial charge in [0, 0.05) is 19.0 Å². The number of nitrogens with one attached hydrogen (secondary N) is 1. The lowest BCUT2D eigenvalue weighted by Gasteiger charge is -2.13. The summed E-state index contributed by atoms with van der Waals surface area (Å²) in [4.78, 5) is 26.9. The Balaban J connectivity index is 1.95. The van der Waals surface area contributed by atoms with Crippen molar-refractivity contribution in [2.75, 3.05) is 19.0 Å². The molecule has 1 fully saturated rings. The number of carbonyl (C=O) groups excluding carboxylic acids is 2. The molecule has 1 aromatic heterocycles. The largest absolute Gasteiger partial charge is 0.382 e. The van der Waals surface area contributed by atoms with E-state index in [2.05, 4.69) is 10.3 Å². The van der Waals surface area contributed by atoms with Crippen molar-refractivity contribution in [1.29, 1.82) is 0 Å². The number of anilines is 1. The molecule has 20 heavy (non-hydrogen) atoms. The summed E-state index contributed by atoms with van der Waals surface area (Å²) in [5, 5.41) is 2.69. The number of ether oxygens (including phenoxy) is 2. The molecule has 0 aliphatic carbocycles. The lowest BCUT2D eigenvalue weighted by Crippen LogP contribution is -2.29.